The highest BCUT2D eigenvalue weighted by atomic mass is 35.5. The summed E-state index contributed by atoms with van der Waals surface area (Å²) >= 11 is 5.84. The lowest BCUT2D eigenvalue weighted by atomic mass is 10.1. The minimum atomic E-state index is -0.0626. The number of nitrogens with two attached hydrogens (primary N) is 1. The number of halogens is 1. The Labute approximate surface area is 130 Å². The third kappa shape index (κ3) is 4.48. The van der Waals surface area contributed by atoms with E-state index in [0.29, 0.717) is 11.6 Å². The van der Waals surface area contributed by atoms with Gasteiger partial charge in [0.25, 0.3) is 0 Å². The van der Waals surface area contributed by atoms with Gasteiger partial charge in [0.1, 0.15) is 12.4 Å². The second-order valence-electron chi connectivity index (χ2n) is 5.03. The lowest BCUT2D eigenvalue weighted by molar-refractivity contribution is 0.285. The first-order chi connectivity index (χ1) is 10.1. The first kappa shape index (κ1) is 15.9. The monoisotopic (exact) mass is 307 g/mol. The van der Waals surface area contributed by atoms with Crippen LogP contribution in [-0.2, 0) is 19.4 Å². The number of hydrogen-bond acceptors (Lipinski definition) is 3. The van der Waals surface area contributed by atoms with Crippen LogP contribution in [0.2, 0.25) is 5.02 Å². The fourth-order valence-corrected chi connectivity index (χ4v) is 2.31. The zero-order chi connectivity index (χ0) is 15.2. The Morgan fingerprint density at radius 1 is 1.29 bits per heavy atom. The summed E-state index contributed by atoms with van der Waals surface area (Å²) in [6, 6.07) is 9.38. The van der Waals surface area contributed by atoms with E-state index in [1.54, 1.807) is 0 Å². The Morgan fingerprint density at radius 2 is 2.00 bits per heavy atom. The van der Waals surface area contributed by atoms with Crippen molar-refractivity contribution in [1.82, 2.24) is 9.78 Å². The molecule has 0 aliphatic rings. The molecular weight excluding hydrogens is 286 g/mol. The van der Waals surface area contributed by atoms with Crippen LogP contribution < -0.4 is 10.5 Å². The Morgan fingerprint density at radius 3 is 2.62 bits per heavy atom. The largest absolute Gasteiger partial charge is 0.492 e. The minimum absolute atomic E-state index is 0.0626. The smallest absolute Gasteiger partial charge is 0.119 e. The number of rotatable bonds is 7. The summed E-state index contributed by atoms with van der Waals surface area (Å²) in [5.41, 5.74) is 8.44. The second kappa shape index (κ2) is 7.48. The summed E-state index contributed by atoms with van der Waals surface area (Å²) in [5.74, 6) is 0.785. The molecule has 21 heavy (non-hydrogen) atoms. The van der Waals surface area contributed by atoms with Crippen LogP contribution in [0, 0.1) is 0 Å². The van der Waals surface area contributed by atoms with E-state index in [2.05, 4.69) is 25.0 Å². The second-order valence-corrected chi connectivity index (χ2v) is 5.46. The molecular formula is C16H22ClN3O. The van der Waals surface area contributed by atoms with Crippen molar-refractivity contribution in [2.75, 3.05) is 6.61 Å². The molecule has 0 radical (unpaired) electrons. The van der Waals surface area contributed by atoms with Gasteiger partial charge in [0.05, 0.1) is 5.69 Å². The lowest BCUT2D eigenvalue weighted by Crippen LogP contribution is -2.31. The topological polar surface area (TPSA) is 53.1 Å². The molecule has 1 heterocycles. The molecule has 1 aromatic carbocycles. The number of nitrogens with zero attached hydrogens (tertiary/aromatic N) is 2. The number of aromatic nitrogens is 2. The highest BCUT2D eigenvalue weighted by molar-refractivity contribution is 6.30. The molecule has 0 amide bonds. The molecule has 4 nitrogen and oxygen atoms in total. The zero-order valence-corrected chi connectivity index (χ0v) is 13.3. The van der Waals surface area contributed by atoms with Gasteiger partial charge in [-0.15, -0.1) is 0 Å². The van der Waals surface area contributed by atoms with Gasteiger partial charge in [0.2, 0.25) is 0 Å². The molecule has 2 N–H and O–H groups in total. The van der Waals surface area contributed by atoms with Crippen LogP contribution in [0.1, 0.15) is 25.2 Å². The van der Waals surface area contributed by atoms with Crippen LogP contribution >= 0.6 is 11.6 Å². The van der Waals surface area contributed by atoms with E-state index in [1.807, 2.05) is 28.9 Å². The van der Waals surface area contributed by atoms with Gasteiger partial charge >= 0.3 is 0 Å². The summed E-state index contributed by atoms with van der Waals surface area (Å²) in [6.45, 7) is 5.53. The molecule has 1 unspecified atom stereocenters. The van der Waals surface area contributed by atoms with Gasteiger partial charge in [-0.25, -0.2) is 0 Å². The molecule has 0 spiro atoms. The summed E-state index contributed by atoms with van der Waals surface area (Å²) in [5, 5.41) is 5.23. The molecule has 1 aromatic heterocycles. The van der Waals surface area contributed by atoms with E-state index >= 15 is 0 Å². The van der Waals surface area contributed by atoms with E-state index < -0.39 is 0 Å². The van der Waals surface area contributed by atoms with Crippen molar-refractivity contribution in [3.63, 3.8) is 0 Å². The predicted octanol–water partition coefficient (Wildman–Crippen LogP) is 3.07. The van der Waals surface area contributed by atoms with Crippen molar-refractivity contribution in [1.29, 1.82) is 0 Å². The summed E-state index contributed by atoms with van der Waals surface area (Å²) < 4.78 is 7.70. The summed E-state index contributed by atoms with van der Waals surface area (Å²) in [6.07, 6.45) is 1.70. The fourth-order valence-electron chi connectivity index (χ4n) is 2.19. The average molecular weight is 308 g/mol. The molecule has 1 atom stereocenters. The quantitative estimate of drug-likeness (QED) is 0.855. The van der Waals surface area contributed by atoms with Crippen LogP contribution in [0.3, 0.4) is 0 Å². The number of ether oxygens (including phenoxy) is 1. The molecule has 2 aromatic rings. The van der Waals surface area contributed by atoms with Gasteiger partial charge in [-0.2, -0.15) is 5.10 Å². The first-order valence-corrected chi connectivity index (χ1v) is 7.69. The van der Waals surface area contributed by atoms with Crippen LogP contribution in [0.15, 0.2) is 30.3 Å². The number of benzene rings is 1. The molecule has 0 bridgehead atoms. The third-order valence-corrected chi connectivity index (χ3v) is 3.58. The van der Waals surface area contributed by atoms with Crippen LogP contribution in [-0.4, -0.2) is 22.4 Å². The van der Waals surface area contributed by atoms with Crippen LogP contribution in [0.5, 0.6) is 5.75 Å². The lowest BCUT2D eigenvalue weighted by Gasteiger charge is -2.14. The van der Waals surface area contributed by atoms with Crippen molar-refractivity contribution in [3.05, 3.63) is 46.7 Å². The van der Waals surface area contributed by atoms with Gasteiger partial charge < -0.3 is 10.5 Å². The Hall–Kier alpha value is -1.52. The molecule has 0 saturated carbocycles. The highest BCUT2D eigenvalue weighted by Crippen LogP contribution is 2.16. The van der Waals surface area contributed by atoms with E-state index in [4.69, 9.17) is 22.1 Å². The molecule has 0 aliphatic carbocycles. The summed E-state index contributed by atoms with van der Waals surface area (Å²) in [4.78, 5) is 0. The van der Waals surface area contributed by atoms with Gasteiger partial charge in [-0.05, 0) is 43.7 Å². The Balaban J connectivity index is 1.90. The van der Waals surface area contributed by atoms with Crippen molar-refractivity contribution in [3.8, 4) is 5.75 Å². The average Bonchev–Trinajstić information content (AvgIpc) is 2.89. The third-order valence-electron chi connectivity index (χ3n) is 3.32. The maximum atomic E-state index is 6.17. The van der Waals surface area contributed by atoms with Gasteiger partial charge in [-0.3, -0.25) is 4.68 Å². The van der Waals surface area contributed by atoms with Crippen LogP contribution in [0.25, 0.3) is 0 Å². The first-order valence-electron chi connectivity index (χ1n) is 7.32. The molecule has 5 heteroatoms. The van der Waals surface area contributed by atoms with E-state index in [-0.39, 0.29) is 6.04 Å². The minimum Gasteiger partial charge on any atom is -0.492 e. The highest BCUT2D eigenvalue weighted by Gasteiger charge is 2.11. The molecule has 0 fully saturated rings. The fraction of sp³-hybridized carbons (Fsp3) is 0.438. The van der Waals surface area contributed by atoms with Crippen molar-refractivity contribution >= 4 is 11.6 Å². The SMILES string of the molecule is CCc1cc(CC(N)COc2ccc(Cl)cc2)n(CC)n1. The molecule has 0 aliphatic heterocycles. The standard InChI is InChI=1S/C16H22ClN3O/c1-3-14-10-15(20(4-2)19-14)9-13(18)11-21-16-7-5-12(17)6-8-16/h5-8,10,13H,3-4,9,11,18H2,1-2H3. The maximum Gasteiger partial charge on any atom is 0.119 e. The van der Waals surface area contributed by atoms with Crippen molar-refractivity contribution in [2.24, 2.45) is 5.73 Å². The summed E-state index contributed by atoms with van der Waals surface area (Å²) in [7, 11) is 0. The predicted molar refractivity (Wildman–Crippen MR) is 85.9 cm³/mol. The van der Waals surface area contributed by atoms with E-state index in [0.717, 1.165) is 30.8 Å². The maximum absolute atomic E-state index is 6.17. The van der Waals surface area contributed by atoms with Gasteiger partial charge in [0.15, 0.2) is 0 Å². The van der Waals surface area contributed by atoms with Crippen molar-refractivity contribution in [2.45, 2.75) is 39.3 Å². The Bertz CT molecular complexity index is 565. The van der Waals surface area contributed by atoms with Crippen molar-refractivity contribution < 1.29 is 4.74 Å². The number of hydrogen-bond donors (Lipinski definition) is 1. The zero-order valence-electron chi connectivity index (χ0n) is 12.6. The van der Waals surface area contributed by atoms with Gasteiger partial charge in [-0.1, -0.05) is 18.5 Å². The Kier molecular flexibility index (Phi) is 5.65. The van der Waals surface area contributed by atoms with E-state index in [9.17, 15) is 0 Å². The normalized spacial score (nSPS) is 12.4. The van der Waals surface area contributed by atoms with Crippen LogP contribution in [0.4, 0.5) is 0 Å². The number of aryl methyl sites for hydroxylation is 2. The van der Waals surface area contributed by atoms with Gasteiger partial charge in [0, 0.05) is 29.7 Å². The van der Waals surface area contributed by atoms with E-state index in [1.165, 1.54) is 5.69 Å². The molecule has 0 saturated heterocycles. The molecule has 2 rings (SSSR count). The molecule has 114 valence electrons.